The van der Waals surface area contributed by atoms with E-state index in [-0.39, 0.29) is 29.5 Å². The van der Waals surface area contributed by atoms with Crippen LogP contribution in [-0.4, -0.2) is 64.7 Å². The van der Waals surface area contributed by atoms with E-state index >= 15 is 0 Å². The van der Waals surface area contributed by atoms with Gasteiger partial charge in [0.15, 0.2) is 0 Å². The zero-order valence-corrected chi connectivity index (χ0v) is 13.7. The summed E-state index contributed by atoms with van der Waals surface area (Å²) >= 11 is 0. The van der Waals surface area contributed by atoms with Gasteiger partial charge in [-0.2, -0.15) is 0 Å². The Bertz CT molecular complexity index is 607. The first-order valence-electron chi connectivity index (χ1n) is 7.70. The van der Waals surface area contributed by atoms with Crippen molar-refractivity contribution in [2.75, 3.05) is 26.2 Å². The van der Waals surface area contributed by atoms with E-state index in [4.69, 9.17) is 0 Å². The number of nitrogens with one attached hydrogen (secondary N) is 1. The molecule has 0 bridgehead atoms. The molecule has 1 aliphatic rings. The normalized spacial score (nSPS) is 14.8. The molecule has 2 rings (SSSR count). The van der Waals surface area contributed by atoms with Gasteiger partial charge < -0.3 is 15.1 Å². The number of carbonyl (C=O) groups is 3. The first-order chi connectivity index (χ1) is 10.9. The molecule has 0 aliphatic carbocycles. The van der Waals surface area contributed by atoms with Gasteiger partial charge in [-0.15, -0.1) is 0 Å². The van der Waals surface area contributed by atoms with Crippen LogP contribution in [0.5, 0.6) is 0 Å². The molecule has 0 atom stereocenters. The summed E-state index contributed by atoms with van der Waals surface area (Å²) < 4.78 is 0. The SMILES string of the molecule is CC(=O)N1CCN(C(=O)c2ccnc(C(=O)NC(C)C)c2)CC1. The second kappa shape index (κ2) is 7.21. The Morgan fingerprint density at radius 2 is 1.74 bits per heavy atom. The molecule has 1 aromatic heterocycles. The molecule has 1 aromatic rings. The molecule has 0 spiro atoms. The minimum absolute atomic E-state index is 0.00307. The molecule has 0 aromatic carbocycles. The summed E-state index contributed by atoms with van der Waals surface area (Å²) in [4.78, 5) is 43.3. The van der Waals surface area contributed by atoms with Gasteiger partial charge in [0.2, 0.25) is 5.91 Å². The largest absolute Gasteiger partial charge is 0.349 e. The molecular formula is C16H22N4O3. The van der Waals surface area contributed by atoms with Crippen LogP contribution in [0.2, 0.25) is 0 Å². The van der Waals surface area contributed by atoms with Crippen molar-refractivity contribution >= 4 is 17.7 Å². The van der Waals surface area contributed by atoms with E-state index in [2.05, 4.69) is 10.3 Å². The highest BCUT2D eigenvalue weighted by molar-refractivity contribution is 5.98. The van der Waals surface area contributed by atoms with E-state index in [9.17, 15) is 14.4 Å². The van der Waals surface area contributed by atoms with Crippen LogP contribution >= 0.6 is 0 Å². The molecule has 1 N–H and O–H groups in total. The molecule has 23 heavy (non-hydrogen) atoms. The maximum Gasteiger partial charge on any atom is 0.270 e. The van der Waals surface area contributed by atoms with Gasteiger partial charge in [-0.3, -0.25) is 19.4 Å². The highest BCUT2D eigenvalue weighted by Crippen LogP contribution is 2.10. The van der Waals surface area contributed by atoms with Crippen molar-refractivity contribution in [2.24, 2.45) is 0 Å². The van der Waals surface area contributed by atoms with Gasteiger partial charge in [0.1, 0.15) is 5.69 Å². The van der Waals surface area contributed by atoms with E-state index in [1.54, 1.807) is 15.9 Å². The van der Waals surface area contributed by atoms with E-state index in [0.29, 0.717) is 31.7 Å². The molecule has 7 nitrogen and oxygen atoms in total. The molecular weight excluding hydrogens is 296 g/mol. The highest BCUT2D eigenvalue weighted by atomic mass is 16.2. The molecule has 1 aliphatic heterocycles. The number of amides is 3. The number of hydrogen-bond donors (Lipinski definition) is 1. The van der Waals surface area contributed by atoms with E-state index < -0.39 is 0 Å². The third-order valence-corrected chi connectivity index (χ3v) is 3.67. The molecule has 2 heterocycles. The molecule has 124 valence electrons. The number of carbonyl (C=O) groups excluding carboxylic acids is 3. The first-order valence-corrected chi connectivity index (χ1v) is 7.70. The van der Waals surface area contributed by atoms with Crippen LogP contribution in [-0.2, 0) is 4.79 Å². The smallest absolute Gasteiger partial charge is 0.270 e. The minimum Gasteiger partial charge on any atom is -0.349 e. The quantitative estimate of drug-likeness (QED) is 0.881. The van der Waals surface area contributed by atoms with Crippen LogP contribution in [0.15, 0.2) is 18.3 Å². The summed E-state index contributed by atoms with van der Waals surface area (Å²) in [7, 11) is 0. The van der Waals surface area contributed by atoms with E-state index in [1.807, 2.05) is 13.8 Å². The van der Waals surface area contributed by atoms with Crippen molar-refractivity contribution in [1.29, 1.82) is 0 Å². The van der Waals surface area contributed by atoms with Crippen molar-refractivity contribution in [3.8, 4) is 0 Å². The first kappa shape index (κ1) is 16.9. The lowest BCUT2D eigenvalue weighted by molar-refractivity contribution is -0.130. The van der Waals surface area contributed by atoms with Crippen molar-refractivity contribution in [1.82, 2.24) is 20.1 Å². The Kier molecular flexibility index (Phi) is 5.31. The lowest BCUT2D eigenvalue weighted by Gasteiger charge is -2.34. The van der Waals surface area contributed by atoms with Crippen molar-refractivity contribution in [3.05, 3.63) is 29.6 Å². The molecule has 0 saturated carbocycles. The van der Waals surface area contributed by atoms with Crippen LogP contribution in [0.25, 0.3) is 0 Å². The Balaban J connectivity index is 2.06. The van der Waals surface area contributed by atoms with Crippen LogP contribution < -0.4 is 5.32 Å². The van der Waals surface area contributed by atoms with Gasteiger partial charge in [0.05, 0.1) is 0 Å². The van der Waals surface area contributed by atoms with E-state index in [0.717, 1.165) is 0 Å². The molecule has 1 fully saturated rings. The zero-order chi connectivity index (χ0) is 17.0. The van der Waals surface area contributed by atoms with Crippen LogP contribution in [0.1, 0.15) is 41.6 Å². The number of piperazine rings is 1. The number of pyridine rings is 1. The van der Waals surface area contributed by atoms with Gasteiger partial charge in [-0.25, -0.2) is 0 Å². The summed E-state index contributed by atoms with van der Waals surface area (Å²) in [5.74, 6) is -0.418. The molecule has 0 unspecified atom stereocenters. The fraction of sp³-hybridized carbons (Fsp3) is 0.500. The fourth-order valence-corrected chi connectivity index (χ4v) is 2.43. The maximum absolute atomic E-state index is 12.5. The number of nitrogens with zero attached hydrogens (tertiary/aromatic N) is 3. The van der Waals surface area contributed by atoms with Gasteiger partial charge in [-0.05, 0) is 26.0 Å². The monoisotopic (exact) mass is 318 g/mol. The van der Waals surface area contributed by atoms with Crippen molar-refractivity contribution in [2.45, 2.75) is 26.8 Å². The van der Waals surface area contributed by atoms with Gasteiger partial charge in [0.25, 0.3) is 11.8 Å². The second-order valence-corrected chi connectivity index (χ2v) is 5.86. The Morgan fingerprint density at radius 1 is 1.13 bits per heavy atom. The second-order valence-electron chi connectivity index (χ2n) is 5.86. The highest BCUT2D eigenvalue weighted by Gasteiger charge is 2.24. The van der Waals surface area contributed by atoms with Gasteiger partial charge in [-0.1, -0.05) is 0 Å². The van der Waals surface area contributed by atoms with Crippen LogP contribution in [0.4, 0.5) is 0 Å². The lowest BCUT2D eigenvalue weighted by atomic mass is 10.1. The van der Waals surface area contributed by atoms with Gasteiger partial charge >= 0.3 is 0 Å². The third-order valence-electron chi connectivity index (χ3n) is 3.67. The predicted octanol–water partition coefficient (Wildman–Crippen LogP) is 0.524. The number of aromatic nitrogens is 1. The van der Waals surface area contributed by atoms with Gasteiger partial charge in [0, 0.05) is 50.9 Å². The summed E-state index contributed by atoms with van der Waals surface area (Å²) in [6.07, 6.45) is 1.47. The summed E-state index contributed by atoms with van der Waals surface area (Å²) in [6.45, 7) is 7.31. The number of hydrogen-bond acceptors (Lipinski definition) is 4. The molecule has 1 saturated heterocycles. The predicted molar refractivity (Wildman–Crippen MR) is 85.0 cm³/mol. The summed E-state index contributed by atoms with van der Waals surface area (Å²) in [6, 6.07) is 3.12. The van der Waals surface area contributed by atoms with Crippen molar-refractivity contribution < 1.29 is 14.4 Å². The topological polar surface area (TPSA) is 82.6 Å². The Hall–Kier alpha value is -2.44. The lowest BCUT2D eigenvalue weighted by Crippen LogP contribution is -2.50. The maximum atomic E-state index is 12.5. The zero-order valence-electron chi connectivity index (χ0n) is 13.7. The Morgan fingerprint density at radius 3 is 2.30 bits per heavy atom. The van der Waals surface area contributed by atoms with Crippen LogP contribution in [0, 0.1) is 0 Å². The average molecular weight is 318 g/mol. The third kappa shape index (κ3) is 4.28. The Labute approximate surface area is 135 Å². The van der Waals surface area contributed by atoms with Crippen LogP contribution in [0.3, 0.4) is 0 Å². The molecule has 7 heteroatoms. The average Bonchev–Trinajstić information content (AvgIpc) is 2.53. The van der Waals surface area contributed by atoms with E-state index in [1.165, 1.54) is 19.2 Å². The number of rotatable bonds is 3. The summed E-state index contributed by atoms with van der Waals surface area (Å²) in [5, 5.41) is 2.75. The minimum atomic E-state index is -0.295. The summed E-state index contributed by atoms with van der Waals surface area (Å²) in [5.41, 5.74) is 0.664. The standard InChI is InChI=1S/C16H22N4O3/c1-11(2)18-15(22)14-10-13(4-5-17-14)16(23)20-8-6-19(7-9-20)12(3)21/h4-5,10-11H,6-9H2,1-3H3,(H,18,22). The fourth-order valence-electron chi connectivity index (χ4n) is 2.43. The molecule has 3 amide bonds. The van der Waals surface area contributed by atoms with Crippen molar-refractivity contribution in [3.63, 3.8) is 0 Å². The molecule has 0 radical (unpaired) electrons.